The van der Waals surface area contributed by atoms with E-state index in [0.29, 0.717) is 21.3 Å². The number of aromatic nitrogens is 3. The van der Waals surface area contributed by atoms with E-state index in [1.807, 2.05) is 31.2 Å². The zero-order valence-electron chi connectivity index (χ0n) is 20.1. The number of nitrogens with one attached hydrogen (secondary N) is 2. The van der Waals surface area contributed by atoms with Gasteiger partial charge in [0.1, 0.15) is 16.8 Å². The molecule has 0 saturated carbocycles. The van der Waals surface area contributed by atoms with Crippen molar-refractivity contribution in [1.29, 1.82) is 0 Å². The third-order valence-electron chi connectivity index (χ3n) is 5.65. The number of methoxy groups -OCH3 is 1. The van der Waals surface area contributed by atoms with E-state index in [0.717, 1.165) is 33.3 Å². The number of nitrogens with zero attached hydrogens (tertiary/aromatic N) is 3. The van der Waals surface area contributed by atoms with Crippen LogP contribution in [0.2, 0.25) is 0 Å². The maximum atomic E-state index is 12.9. The molecule has 0 unspecified atom stereocenters. The highest BCUT2D eigenvalue weighted by atomic mass is 79.9. The van der Waals surface area contributed by atoms with Gasteiger partial charge in [0.15, 0.2) is 5.11 Å². The molecule has 0 aliphatic rings. The molecule has 186 valence electrons. The average molecular weight is 631 g/mol. The van der Waals surface area contributed by atoms with Gasteiger partial charge < -0.3 is 10.1 Å². The standard InChI is InChI=1S/C26H25Br2N5O2S/c1-4-5-6-16-7-9-18(10-8-16)33-31-22-11-15(2)21(14-23(22)32-33)29-26(36)30-25(34)19-12-17(27)13-20(28)24(19)35-3/h7-14H,4-6H2,1-3H3,(H2,29,30,34,36). The molecule has 0 bridgehead atoms. The summed E-state index contributed by atoms with van der Waals surface area (Å²) in [5.74, 6) is 0.0320. The maximum absolute atomic E-state index is 12.9. The van der Waals surface area contributed by atoms with Crippen molar-refractivity contribution >= 4 is 71.8 Å². The SMILES string of the molecule is CCCCc1ccc(-n2nc3cc(C)c(NC(=S)NC(=O)c4cc(Br)cc(Br)c4OC)cc3n2)cc1. The van der Waals surface area contributed by atoms with Crippen molar-refractivity contribution in [3.63, 3.8) is 0 Å². The van der Waals surface area contributed by atoms with Crippen molar-refractivity contribution in [3.8, 4) is 11.4 Å². The van der Waals surface area contributed by atoms with E-state index in [2.05, 4.69) is 71.7 Å². The van der Waals surface area contributed by atoms with Crippen molar-refractivity contribution < 1.29 is 9.53 Å². The number of carbonyl (C=O) groups excluding carboxylic acids is 1. The highest BCUT2D eigenvalue weighted by Gasteiger charge is 2.18. The number of fused-ring (bicyclic) bond motifs is 1. The third kappa shape index (κ3) is 5.93. The van der Waals surface area contributed by atoms with Crippen LogP contribution in [0, 0.1) is 6.92 Å². The molecule has 1 heterocycles. The average Bonchev–Trinajstić information content (AvgIpc) is 3.25. The summed E-state index contributed by atoms with van der Waals surface area (Å²) in [5.41, 5.74) is 5.69. The fraction of sp³-hybridized carbons (Fsp3) is 0.231. The highest BCUT2D eigenvalue weighted by Crippen LogP contribution is 2.32. The van der Waals surface area contributed by atoms with Crippen LogP contribution in [0.3, 0.4) is 0 Å². The summed E-state index contributed by atoms with van der Waals surface area (Å²) in [5, 5.41) is 15.3. The van der Waals surface area contributed by atoms with Crippen LogP contribution in [-0.2, 0) is 6.42 Å². The van der Waals surface area contributed by atoms with Crippen molar-refractivity contribution in [2.75, 3.05) is 12.4 Å². The lowest BCUT2D eigenvalue weighted by molar-refractivity contribution is 0.0974. The van der Waals surface area contributed by atoms with Gasteiger partial charge in [-0.15, -0.1) is 10.2 Å². The molecule has 0 atom stereocenters. The smallest absolute Gasteiger partial charge is 0.261 e. The van der Waals surface area contributed by atoms with Crippen molar-refractivity contribution in [3.05, 3.63) is 74.2 Å². The lowest BCUT2D eigenvalue weighted by Gasteiger charge is -2.14. The number of anilines is 1. The summed E-state index contributed by atoms with van der Waals surface area (Å²) in [7, 11) is 1.51. The van der Waals surface area contributed by atoms with Gasteiger partial charge in [-0.05, 0) is 95.4 Å². The molecule has 0 fully saturated rings. The molecule has 0 aliphatic carbocycles. The fourth-order valence-corrected chi connectivity index (χ4v) is 5.35. The van der Waals surface area contributed by atoms with E-state index in [9.17, 15) is 4.79 Å². The van der Waals surface area contributed by atoms with Crippen LogP contribution in [0.15, 0.2) is 57.5 Å². The first kappa shape index (κ1) is 26.2. The maximum Gasteiger partial charge on any atom is 0.261 e. The second-order valence-corrected chi connectivity index (χ2v) is 10.5. The van der Waals surface area contributed by atoms with Crippen LogP contribution in [0.25, 0.3) is 16.7 Å². The topological polar surface area (TPSA) is 81.1 Å². The first-order chi connectivity index (χ1) is 17.3. The Morgan fingerprint density at radius 2 is 1.78 bits per heavy atom. The van der Waals surface area contributed by atoms with E-state index < -0.39 is 5.91 Å². The Morgan fingerprint density at radius 3 is 2.44 bits per heavy atom. The molecule has 2 N–H and O–H groups in total. The number of amides is 1. The van der Waals surface area contributed by atoms with Crippen LogP contribution < -0.4 is 15.4 Å². The molecule has 1 amide bonds. The summed E-state index contributed by atoms with van der Waals surface area (Å²) < 4.78 is 6.76. The van der Waals surface area contributed by atoms with Crippen LogP contribution in [0.4, 0.5) is 5.69 Å². The molecule has 4 rings (SSSR count). The van der Waals surface area contributed by atoms with Crippen molar-refractivity contribution in [2.24, 2.45) is 0 Å². The molecule has 3 aromatic carbocycles. The number of thiocarbonyl (C=S) groups is 1. The number of hydrogen-bond acceptors (Lipinski definition) is 5. The summed E-state index contributed by atoms with van der Waals surface area (Å²) >= 11 is 12.2. The predicted molar refractivity (Wildman–Crippen MR) is 154 cm³/mol. The Kier molecular flexibility index (Phi) is 8.38. The number of hydrogen-bond donors (Lipinski definition) is 2. The molecule has 4 aromatic rings. The van der Waals surface area contributed by atoms with Gasteiger partial charge in [0.2, 0.25) is 0 Å². The van der Waals surface area contributed by atoms with E-state index in [1.165, 1.54) is 25.5 Å². The van der Waals surface area contributed by atoms with Crippen molar-refractivity contribution in [1.82, 2.24) is 20.3 Å². The second-order valence-electron chi connectivity index (χ2n) is 8.29. The fourth-order valence-electron chi connectivity index (χ4n) is 3.76. The molecule has 0 saturated heterocycles. The summed E-state index contributed by atoms with van der Waals surface area (Å²) in [6.45, 7) is 4.14. The van der Waals surface area contributed by atoms with Crippen LogP contribution in [-0.4, -0.2) is 33.1 Å². The Balaban J connectivity index is 1.51. The van der Waals surface area contributed by atoms with Gasteiger partial charge >= 0.3 is 0 Å². The van der Waals surface area contributed by atoms with Crippen molar-refractivity contribution in [2.45, 2.75) is 33.1 Å². The number of unbranched alkanes of at least 4 members (excludes halogenated alkanes) is 1. The number of benzene rings is 3. The first-order valence-corrected chi connectivity index (χ1v) is 13.4. The summed E-state index contributed by atoms with van der Waals surface area (Å²) in [6.07, 6.45) is 3.42. The highest BCUT2D eigenvalue weighted by molar-refractivity contribution is 9.11. The van der Waals surface area contributed by atoms with E-state index in [4.69, 9.17) is 17.0 Å². The van der Waals surface area contributed by atoms with Gasteiger partial charge in [0.05, 0.1) is 22.8 Å². The molecular weight excluding hydrogens is 606 g/mol. The summed E-state index contributed by atoms with van der Waals surface area (Å²) in [6, 6.07) is 15.6. The Labute approximate surface area is 231 Å². The Hall–Kier alpha value is -2.82. The molecule has 0 radical (unpaired) electrons. The van der Waals surface area contributed by atoms with Gasteiger partial charge in [0, 0.05) is 10.2 Å². The second kappa shape index (κ2) is 11.5. The number of halogens is 2. The lowest BCUT2D eigenvalue weighted by atomic mass is 10.1. The van der Waals surface area contributed by atoms with E-state index in [1.54, 1.807) is 16.9 Å². The van der Waals surface area contributed by atoms with Crippen LogP contribution in [0.1, 0.15) is 41.3 Å². The summed E-state index contributed by atoms with van der Waals surface area (Å²) in [4.78, 5) is 14.5. The zero-order chi connectivity index (χ0) is 25.8. The molecular formula is C26H25Br2N5O2S. The molecule has 7 nitrogen and oxygen atoms in total. The van der Waals surface area contributed by atoms with Crippen LogP contribution >= 0.6 is 44.1 Å². The minimum absolute atomic E-state index is 0.163. The Morgan fingerprint density at radius 1 is 1.08 bits per heavy atom. The van der Waals surface area contributed by atoms with Gasteiger partial charge in [-0.1, -0.05) is 41.4 Å². The zero-order valence-corrected chi connectivity index (χ0v) is 24.1. The largest absolute Gasteiger partial charge is 0.495 e. The normalized spacial score (nSPS) is 10.9. The molecule has 1 aromatic heterocycles. The molecule has 0 spiro atoms. The van der Waals surface area contributed by atoms with Gasteiger partial charge in [-0.2, -0.15) is 4.80 Å². The van der Waals surface area contributed by atoms with Gasteiger partial charge in [0.25, 0.3) is 5.91 Å². The lowest BCUT2D eigenvalue weighted by Crippen LogP contribution is -2.34. The van der Waals surface area contributed by atoms with E-state index in [-0.39, 0.29) is 5.11 Å². The van der Waals surface area contributed by atoms with E-state index >= 15 is 0 Å². The first-order valence-electron chi connectivity index (χ1n) is 11.4. The number of rotatable bonds is 7. The molecule has 0 aliphatic heterocycles. The number of carbonyl (C=O) groups is 1. The minimum atomic E-state index is -0.390. The van der Waals surface area contributed by atoms with Crippen LogP contribution in [0.5, 0.6) is 5.75 Å². The Bertz CT molecular complexity index is 1440. The molecule has 10 heteroatoms. The number of ether oxygens (including phenoxy) is 1. The minimum Gasteiger partial charge on any atom is -0.495 e. The molecule has 36 heavy (non-hydrogen) atoms. The quantitative estimate of drug-likeness (QED) is 0.220. The van der Waals surface area contributed by atoms with Gasteiger partial charge in [-0.25, -0.2) is 0 Å². The van der Waals surface area contributed by atoms with Gasteiger partial charge in [-0.3, -0.25) is 10.1 Å². The third-order valence-corrected chi connectivity index (χ3v) is 6.90. The monoisotopic (exact) mass is 629 g/mol. The number of aryl methyl sites for hydroxylation is 2. The predicted octanol–water partition coefficient (Wildman–Crippen LogP) is 6.73.